The monoisotopic (exact) mass is 334 g/mol. The highest BCUT2D eigenvalue weighted by atomic mass is 32.2. The molecule has 0 aromatic heterocycles. The Kier molecular flexibility index (Phi) is 3.99. The first kappa shape index (κ1) is 15.4. The molecule has 3 N–H and O–H groups in total. The van der Waals surface area contributed by atoms with E-state index in [0.29, 0.717) is 0 Å². The summed E-state index contributed by atoms with van der Waals surface area (Å²) in [5.74, 6) is -2.41. The second-order valence-electron chi connectivity index (χ2n) is 5.22. The number of carbonyl (C=O) groups excluding carboxylic acids is 2. The zero-order valence-corrected chi connectivity index (χ0v) is 12.7. The molecule has 0 radical (unpaired) electrons. The number of fused-ring (bicyclic) bond motifs is 1. The van der Waals surface area contributed by atoms with Crippen LogP contribution >= 0.6 is 11.8 Å². The molecule has 23 heavy (non-hydrogen) atoms. The molecule has 2 amide bonds. The smallest absolute Gasteiger partial charge is 0.356 e. The molecular formula is C15H14N2O5S. The first-order valence-corrected chi connectivity index (χ1v) is 7.97. The fourth-order valence-electron chi connectivity index (χ4n) is 2.61. The van der Waals surface area contributed by atoms with Crippen LogP contribution < -0.4 is 5.32 Å². The summed E-state index contributed by atoms with van der Waals surface area (Å²) in [6.45, 7) is 0. The van der Waals surface area contributed by atoms with Gasteiger partial charge in [-0.05, 0) is 5.56 Å². The maximum Gasteiger partial charge on any atom is 0.356 e. The molecule has 120 valence electrons. The van der Waals surface area contributed by atoms with Crippen LogP contribution in [0.1, 0.15) is 5.56 Å². The fourth-order valence-corrected chi connectivity index (χ4v) is 3.81. The number of aliphatic carboxylic acids is 1. The Hall–Kier alpha value is -2.48. The van der Waals surface area contributed by atoms with E-state index in [1.807, 2.05) is 30.3 Å². The highest BCUT2D eigenvalue weighted by Crippen LogP contribution is 2.39. The standard InChI is InChI=1S/C15H14N2O5S/c18-9-7-23-14-11(13(20)17(14)12(9)15(21)22)16-10(19)6-8-4-2-1-3-5-8/h1-5,11,14,18H,6-7H2,(H,16,19)(H,21,22)/t11-,14?/m1/s1. The minimum atomic E-state index is -1.35. The number of nitrogens with one attached hydrogen (secondary N) is 1. The summed E-state index contributed by atoms with van der Waals surface area (Å²) in [6, 6.07) is 8.35. The van der Waals surface area contributed by atoms with Gasteiger partial charge in [-0.3, -0.25) is 14.5 Å². The molecule has 1 aromatic carbocycles. The van der Waals surface area contributed by atoms with E-state index in [0.717, 1.165) is 10.5 Å². The van der Waals surface area contributed by atoms with Crippen molar-refractivity contribution >= 4 is 29.5 Å². The van der Waals surface area contributed by atoms with Gasteiger partial charge in [0.1, 0.15) is 17.2 Å². The van der Waals surface area contributed by atoms with Crippen molar-refractivity contribution in [1.29, 1.82) is 0 Å². The van der Waals surface area contributed by atoms with Gasteiger partial charge < -0.3 is 15.5 Å². The van der Waals surface area contributed by atoms with Crippen molar-refractivity contribution in [1.82, 2.24) is 10.2 Å². The quantitative estimate of drug-likeness (QED) is 0.692. The van der Waals surface area contributed by atoms with Crippen LogP contribution in [0.25, 0.3) is 0 Å². The topological polar surface area (TPSA) is 107 Å². The van der Waals surface area contributed by atoms with E-state index in [1.54, 1.807) is 0 Å². The first-order valence-electron chi connectivity index (χ1n) is 6.92. The summed E-state index contributed by atoms with van der Waals surface area (Å²) < 4.78 is 0. The highest BCUT2D eigenvalue weighted by Gasteiger charge is 2.54. The lowest BCUT2D eigenvalue weighted by Gasteiger charge is -2.48. The lowest BCUT2D eigenvalue weighted by molar-refractivity contribution is -0.151. The van der Waals surface area contributed by atoms with Gasteiger partial charge >= 0.3 is 5.97 Å². The van der Waals surface area contributed by atoms with Crippen molar-refractivity contribution < 1.29 is 24.6 Å². The van der Waals surface area contributed by atoms with Gasteiger partial charge in [0, 0.05) is 0 Å². The number of amides is 2. The molecule has 2 atom stereocenters. The van der Waals surface area contributed by atoms with E-state index in [4.69, 9.17) is 5.11 Å². The van der Waals surface area contributed by atoms with Gasteiger partial charge in [-0.2, -0.15) is 0 Å². The Labute approximate surface area is 136 Å². The number of rotatable bonds is 4. The van der Waals surface area contributed by atoms with E-state index in [-0.39, 0.29) is 23.8 Å². The van der Waals surface area contributed by atoms with Crippen LogP contribution in [0.15, 0.2) is 41.8 Å². The summed E-state index contributed by atoms with van der Waals surface area (Å²) in [5, 5.41) is 20.9. The molecule has 1 unspecified atom stereocenters. The molecule has 0 bridgehead atoms. The average Bonchev–Trinajstić information content (AvgIpc) is 2.53. The molecule has 1 aromatic rings. The molecule has 0 spiro atoms. The Morgan fingerprint density at radius 2 is 2.00 bits per heavy atom. The van der Waals surface area contributed by atoms with E-state index < -0.39 is 29.0 Å². The van der Waals surface area contributed by atoms with Gasteiger partial charge in [0.05, 0.1) is 12.2 Å². The third-order valence-corrected chi connectivity index (χ3v) is 4.94. The van der Waals surface area contributed by atoms with Crippen LogP contribution in [-0.2, 0) is 20.8 Å². The zero-order valence-electron chi connectivity index (χ0n) is 11.9. The van der Waals surface area contributed by atoms with Crippen molar-refractivity contribution in [3.8, 4) is 0 Å². The van der Waals surface area contributed by atoms with Crippen LogP contribution in [0.5, 0.6) is 0 Å². The summed E-state index contributed by atoms with van der Waals surface area (Å²) in [4.78, 5) is 36.4. The molecule has 0 aliphatic carbocycles. The van der Waals surface area contributed by atoms with Gasteiger partial charge in [-0.15, -0.1) is 11.8 Å². The normalized spacial score (nSPS) is 23.1. The molecule has 2 aliphatic heterocycles. The molecule has 8 heteroatoms. The molecule has 2 heterocycles. The second-order valence-corrected chi connectivity index (χ2v) is 6.32. The summed E-state index contributed by atoms with van der Waals surface area (Å²) in [6.07, 6.45) is 0.148. The number of thioether (sulfide) groups is 1. The second kappa shape index (κ2) is 5.96. The number of benzene rings is 1. The third-order valence-electron chi connectivity index (χ3n) is 3.67. The number of nitrogens with zero attached hydrogens (tertiary/aromatic N) is 1. The molecule has 1 saturated heterocycles. The number of hydrogen-bond donors (Lipinski definition) is 3. The van der Waals surface area contributed by atoms with E-state index in [1.165, 1.54) is 11.8 Å². The summed E-state index contributed by atoms with van der Waals surface area (Å²) >= 11 is 1.22. The number of carbonyl (C=O) groups is 3. The number of carboxylic acid groups (broad SMARTS) is 1. The van der Waals surface area contributed by atoms with Crippen molar-refractivity contribution in [2.75, 3.05) is 5.75 Å². The van der Waals surface area contributed by atoms with Gasteiger partial charge in [-0.1, -0.05) is 30.3 Å². The number of aliphatic hydroxyl groups excluding tert-OH is 1. The maximum absolute atomic E-state index is 12.1. The Bertz CT molecular complexity index is 703. The van der Waals surface area contributed by atoms with Gasteiger partial charge in [0.2, 0.25) is 5.91 Å². The fraction of sp³-hybridized carbons (Fsp3) is 0.267. The van der Waals surface area contributed by atoms with Crippen LogP contribution in [-0.4, -0.2) is 50.1 Å². The molecule has 7 nitrogen and oxygen atoms in total. The molecule has 0 saturated carbocycles. The Morgan fingerprint density at radius 1 is 1.30 bits per heavy atom. The predicted octanol–water partition coefficient (Wildman–Crippen LogP) is 0.483. The molecule has 3 rings (SSSR count). The maximum atomic E-state index is 12.1. The van der Waals surface area contributed by atoms with Crippen LogP contribution in [0.3, 0.4) is 0 Å². The van der Waals surface area contributed by atoms with Crippen molar-refractivity contribution in [2.24, 2.45) is 0 Å². The molecule has 2 aliphatic rings. The zero-order chi connectivity index (χ0) is 16.6. The van der Waals surface area contributed by atoms with Gasteiger partial charge in [-0.25, -0.2) is 4.79 Å². The SMILES string of the molecule is O=C(Cc1ccccc1)N[C@@H]1C(=O)N2C(C(=O)O)=C(O)CSC12. The largest absolute Gasteiger partial charge is 0.509 e. The third kappa shape index (κ3) is 2.77. The van der Waals surface area contributed by atoms with Crippen molar-refractivity contribution in [3.63, 3.8) is 0 Å². The minimum absolute atomic E-state index is 0.0983. The van der Waals surface area contributed by atoms with Crippen LogP contribution in [0.2, 0.25) is 0 Å². The van der Waals surface area contributed by atoms with Gasteiger partial charge in [0.15, 0.2) is 5.70 Å². The van der Waals surface area contributed by atoms with E-state index >= 15 is 0 Å². The molecular weight excluding hydrogens is 320 g/mol. The predicted molar refractivity (Wildman–Crippen MR) is 82.5 cm³/mol. The Balaban J connectivity index is 1.67. The van der Waals surface area contributed by atoms with E-state index in [9.17, 15) is 19.5 Å². The number of aliphatic hydroxyl groups is 1. The molecule has 1 fully saturated rings. The van der Waals surface area contributed by atoms with Crippen LogP contribution in [0.4, 0.5) is 0 Å². The Morgan fingerprint density at radius 3 is 2.65 bits per heavy atom. The summed E-state index contributed by atoms with van der Waals surface area (Å²) in [5.41, 5.74) is 0.431. The highest BCUT2D eigenvalue weighted by molar-refractivity contribution is 8.00. The lowest BCUT2D eigenvalue weighted by Crippen LogP contribution is -2.70. The van der Waals surface area contributed by atoms with E-state index in [2.05, 4.69) is 5.32 Å². The number of hydrogen-bond acceptors (Lipinski definition) is 5. The first-order chi connectivity index (χ1) is 11.0. The van der Waals surface area contributed by atoms with Gasteiger partial charge in [0.25, 0.3) is 5.91 Å². The summed E-state index contributed by atoms with van der Waals surface area (Å²) in [7, 11) is 0. The lowest BCUT2D eigenvalue weighted by atomic mass is 10.0. The number of β-lactam (4-membered cyclic amide) rings is 1. The minimum Gasteiger partial charge on any atom is -0.509 e. The van der Waals surface area contributed by atoms with Crippen molar-refractivity contribution in [3.05, 3.63) is 47.4 Å². The van der Waals surface area contributed by atoms with Crippen molar-refractivity contribution in [2.45, 2.75) is 17.8 Å². The van der Waals surface area contributed by atoms with Crippen LogP contribution in [0, 0.1) is 0 Å². The number of carboxylic acids is 1. The average molecular weight is 334 g/mol.